The molecule has 4 nitrogen and oxygen atoms in total. The zero-order valence-corrected chi connectivity index (χ0v) is 25.9. The lowest BCUT2D eigenvalue weighted by atomic mass is 9.97. The molecule has 2 N–H and O–H groups in total. The van der Waals surface area contributed by atoms with E-state index in [1.54, 1.807) is 0 Å². The van der Waals surface area contributed by atoms with Crippen molar-refractivity contribution in [3.8, 4) is 22.3 Å². The minimum absolute atomic E-state index is 0.617. The van der Waals surface area contributed by atoms with Gasteiger partial charge in [0.25, 0.3) is 0 Å². The zero-order chi connectivity index (χ0) is 30.2. The quantitative estimate of drug-likeness (QED) is 0.208. The molecule has 2 aromatic carbocycles. The highest BCUT2D eigenvalue weighted by Gasteiger charge is 2.15. The van der Waals surface area contributed by atoms with Crippen molar-refractivity contribution in [3.63, 3.8) is 0 Å². The molecule has 5 heterocycles. The summed E-state index contributed by atoms with van der Waals surface area (Å²) >= 11 is 0. The molecule has 44 heavy (non-hydrogen) atoms. The number of benzene rings is 2. The van der Waals surface area contributed by atoms with Crippen LogP contribution >= 0.6 is 0 Å². The molecule has 0 atom stereocenters. The third-order valence-electron chi connectivity index (χ3n) is 8.17. The lowest BCUT2D eigenvalue weighted by Gasteiger charge is -2.08. The Morgan fingerprint density at radius 2 is 0.932 bits per heavy atom. The van der Waals surface area contributed by atoms with Gasteiger partial charge in [0.1, 0.15) is 0 Å². The Balaban J connectivity index is 1.44. The van der Waals surface area contributed by atoms with Crippen molar-refractivity contribution in [3.05, 3.63) is 119 Å². The van der Waals surface area contributed by atoms with Crippen LogP contribution < -0.4 is 0 Å². The van der Waals surface area contributed by atoms with Crippen molar-refractivity contribution >= 4 is 46.4 Å². The molecule has 4 heteroatoms. The van der Waals surface area contributed by atoms with Gasteiger partial charge in [0.15, 0.2) is 0 Å². The van der Waals surface area contributed by atoms with Crippen LogP contribution in [0.15, 0.2) is 84.9 Å². The maximum atomic E-state index is 5.08. The fourth-order valence-corrected chi connectivity index (χ4v) is 6.24. The zero-order valence-electron chi connectivity index (χ0n) is 25.9. The average Bonchev–Trinajstić information content (AvgIpc) is 3.81. The fourth-order valence-electron chi connectivity index (χ4n) is 6.24. The van der Waals surface area contributed by atoms with Gasteiger partial charge >= 0.3 is 0 Å². The van der Waals surface area contributed by atoms with E-state index in [1.165, 1.54) is 16.7 Å². The molecule has 0 saturated heterocycles. The molecule has 0 unspecified atom stereocenters. The van der Waals surface area contributed by atoms with Crippen LogP contribution in [-0.2, 0) is 12.8 Å². The number of aromatic amines is 2. The molecule has 8 bridgehead atoms. The average molecular weight is 575 g/mol. The molecular formula is C40H38N4. The Hall–Kier alpha value is -4.96. The number of rotatable bonds is 6. The summed E-state index contributed by atoms with van der Waals surface area (Å²) in [6.45, 7) is 9.04. The molecule has 0 amide bonds. The second-order valence-corrected chi connectivity index (χ2v) is 12.8. The molecule has 3 aromatic heterocycles. The number of nitrogens with zero attached hydrogens (tertiary/aromatic N) is 2. The highest BCUT2D eigenvalue weighted by Crippen LogP contribution is 2.33. The number of fused-ring (bicyclic) bond motifs is 8. The van der Waals surface area contributed by atoms with E-state index >= 15 is 0 Å². The van der Waals surface area contributed by atoms with E-state index in [4.69, 9.17) is 9.97 Å². The standard InChI is InChI=1S/C40H38N4/c1-25(2)21-27-5-9-29(10-6-27)39-35-17-13-31(41-35)23-33-15-19-37(43-33)40(30-11-7-28(8-12-30)22-26(3)4)38-20-16-34(44-38)24-32-14-18-36(39)42-32/h5-20,23-26,41-42H,21-22H2,1-4H3. The van der Waals surface area contributed by atoms with E-state index in [2.05, 4.69) is 147 Å². The van der Waals surface area contributed by atoms with Gasteiger partial charge in [-0.1, -0.05) is 76.2 Å². The molecule has 218 valence electrons. The number of H-pyrrole nitrogens is 2. The molecule has 0 saturated carbocycles. The maximum Gasteiger partial charge on any atom is 0.0737 e. The first-order chi connectivity index (χ1) is 21.4. The topological polar surface area (TPSA) is 57.4 Å². The first-order valence-electron chi connectivity index (χ1n) is 15.7. The number of aromatic nitrogens is 4. The first kappa shape index (κ1) is 27.8. The van der Waals surface area contributed by atoms with E-state index in [0.717, 1.165) is 74.4 Å². The number of hydrogen-bond acceptors (Lipinski definition) is 2. The summed E-state index contributed by atoms with van der Waals surface area (Å²) in [5.74, 6) is 1.24. The SMILES string of the molecule is CC(C)Cc1ccc(-c2c3nc(cc4ccc([nH]4)c(-c4ccc(CC(C)C)cc4)c4ccc(cc5nc2C=C5)[nH]4)C=C3)cc1. The van der Waals surface area contributed by atoms with Crippen molar-refractivity contribution in [1.82, 2.24) is 19.9 Å². The van der Waals surface area contributed by atoms with Crippen LogP contribution in [0.25, 0.3) is 68.6 Å². The van der Waals surface area contributed by atoms with E-state index < -0.39 is 0 Å². The molecular weight excluding hydrogens is 536 g/mol. The fraction of sp³-hybridized carbons (Fsp3) is 0.200. The second kappa shape index (κ2) is 11.6. The van der Waals surface area contributed by atoms with E-state index in [1.807, 2.05) is 0 Å². The van der Waals surface area contributed by atoms with Gasteiger partial charge in [-0.15, -0.1) is 0 Å². The van der Waals surface area contributed by atoms with E-state index in [-0.39, 0.29) is 0 Å². The van der Waals surface area contributed by atoms with Crippen LogP contribution in [0.2, 0.25) is 0 Å². The minimum atomic E-state index is 0.617. The van der Waals surface area contributed by atoms with Crippen molar-refractivity contribution in [2.45, 2.75) is 40.5 Å². The van der Waals surface area contributed by atoms with Gasteiger partial charge < -0.3 is 9.97 Å². The number of hydrogen-bond donors (Lipinski definition) is 2. The lowest BCUT2D eigenvalue weighted by molar-refractivity contribution is 0.647. The van der Waals surface area contributed by atoms with Crippen molar-refractivity contribution in [1.29, 1.82) is 0 Å². The van der Waals surface area contributed by atoms with Crippen LogP contribution in [0.1, 0.15) is 61.6 Å². The summed E-state index contributed by atoms with van der Waals surface area (Å²) < 4.78 is 0. The van der Waals surface area contributed by atoms with Crippen molar-refractivity contribution < 1.29 is 0 Å². The summed E-state index contributed by atoms with van der Waals surface area (Å²) in [7, 11) is 0. The Kier molecular flexibility index (Phi) is 7.35. The monoisotopic (exact) mass is 574 g/mol. The molecule has 0 radical (unpaired) electrons. The first-order valence-corrected chi connectivity index (χ1v) is 15.7. The van der Waals surface area contributed by atoms with Crippen LogP contribution in [0.3, 0.4) is 0 Å². The lowest BCUT2D eigenvalue weighted by Crippen LogP contribution is -1.94. The molecule has 0 aliphatic carbocycles. The van der Waals surface area contributed by atoms with Crippen LogP contribution in [0.5, 0.6) is 0 Å². The Labute approximate surface area is 259 Å². The Morgan fingerprint density at radius 3 is 1.36 bits per heavy atom. The smallest absolute Gasteiger partial charge is 0.0737 e. The highest BCUT2D eigenvalue weighted by molar-refractivity contribution is 5.94. The third kappa shape index (κ3) is 5.80. The Morgan fingerprint density at radius 1 is 0.500 bits per heavy atom. The minimum Gasteiger partial charge on any atom is -0.355 e. The molecule has 7 rings (SSSR count). The second-order valence-electron chi connectivity index (χ2n) is 12.8. The van der Waals surface area contributed by atoms with Gasteiger partial charge in [-0.3, -0.25) is 0 Å². The van der Waals surface area contributed by atoms with Crippen LogP contribution in [0.4, 0.5) is 0 Å². The van der Waals surface area contributed by atoms with Crippen LogP contribution in [-0.4, -0.2) is 19.9 Å². The summed E-state index contributed by atoms with van der Waals surface area (Å²) in [5, 5.41) is 0. The van der Waals surface area contributed by atoms with Gasteiger partial charge in [-0.25, -0.2) is 9.97 Å². The van der Waals surface area contributed by atoms with Gasteiger partial charge in [0, 0.05) is 33.2 Å². The predicted molar refractivity (Wildman–Crippen MR) is 187 cm³/mol. The predicted octanol–water partition coefficient (Wildman–Crippen LogP) is 10.4. The maximum absolute atomic E-state index is 5.08. The molecule has 0 spiro atoms. The van der Waals surface area contributed by atoms with E-state index in [9.17, 15) is 0 Å². The summed E-state index contributed by atoms with van der Waals surface area (Å²) in [6, 6.07) is 30.7. The normalized spacial score (nSPS) is 12.5. The van der Waals surface area contributed by atoms with Crippen molar-refractivity contribution in [2.24, 2.45) is 11.8 Å². The third-order valence-corrected chi connectivity index (χ3v) is 8.17. The number of nitrogens with one attached hydrogen (secondary N) is 2. The molecule has 2 aliphatic rings. The Bertz CT molecular complexity index is 1950. The molecule has 2 aliphatic heterocycles. The molecule has 5 aromatic rings. The summed E-state index contributed by atoms with van der Waals surface area (Å²) in [5.41, 5.74) is 15.0. The van der Waals surface area contributed by atoms with Gasteiger partial charge in [0.05, 0.1) is 22.8 Å². The largest absolute Gasteiger partial charge is 0.355 e. The molecule has 0 fully saturated rings. The summed E-state index contributed by atoms with van der Waals surface area (Å²) in [4.78, 5) is 17.5. The summed E-state index contributed by atoms with van der Waals surface area (Å²) in [6.07, 6.45) is 10.5. The van der Waals surface area contributed by atoms with Crippen molar-refractivity contribution in [2.75, 3.05) is 0 Å². The van der Waals surface area contributed by atoms with Gasteiger partial charge in [-0.2, -0.15) is 0 Å². The van der Waals surface area contributed by atoms with E-state index in [0.29, 0.717) is 11.8 Å². The van der Waals surface area contributed by atoms with Crippen LogP contribution in [0, 0.1) is 11.8 Å². The highest BCUT2D eigenvalue weighted by atomic mass is 14.8. The van der Waals surface area contributed by atoms with Gasteiger partial charge in [0.2, 0.25) is 0 Å². The van der Waals surface area contributed by atoms with Gasteiger partial charge in [-0.05, 0) is 108 Å².